The number of nitrogens with zero attached hydrogens (tertiary/aromatic N) is 1. The molecule has 1 N–H and O–H groups in total. The number of aryl methyl sites for hydroxylation is 2. The van der Waals surface area contributed by atoms with E-state index in [2.05, 4.69) is 5.32 Å². The Morgan fingerprint density at radius 3 is 2.57 bits per heavy atom. The van der Waals surface area contributed by atoms with E-state index in [1.807, 2.05) is 0 Å². The van der Waals surface area contributed by atoms with E-state index in [9.17, 15) is 17.6 Å². The molecule has 1 aliphatic rings. The normalized spacial score (nSPS) is 15.4. The summed E-state index contributed by atoms with van der Waals surface area (Å²) in [4.78, 5) is 12.5. The van der Waals surface area contributed by atoms with Gasteiger partial charge in [-0.2, -0.15) is 4.31 Å². The molecule has 0 unspecified atom stereocenters. The highest BCUT2D eigenvalue weighted by Gasteiger charge is 2.27. The van der Waals surface area contributed by atoms with Crippen molar-refractivity contribution in [1.29, 1.82) is 0 Å². The van der Waals surface area contributed by atoms with Gasteiger partial charge in [-0.1, -0.05) is 24.6 Å². The number of rotatable bonds is 6. The van der Waals surface area contributed by atoms with Gasteiger partial charge in [0.2, 0.25) is 15.9 Å². The molecular formula is C21H25FN2O3S. The fourth-order valence-corrected chi connectivity index (χ4v) is 5.14. The Kier molecular flexibility index (Phi) is 6.46. The van der Waals surface area contributed by atoms with Crippen LogP contribution < -0.4 is 5.32 Å². The number of anilines is 1. The van der Waals surface area contributed by atoms with Gasteiger partial charge in [-0.25, -0.2) is 12.8 Å². The van der Waals surface area contributed by atoms with Gasteiger partial charge in [-0.3, -0.25) is 4.79 Å². The highest BCUT2D eigenvalue weighted by molar-refractivity contribution is 7.89. The number of sulfonamides is 1. The van der Waals surface area contributed by atoms with Gasteiger partial charge in [0.15, 0.2) is 0 Å². The Balaban J connectivity index is 1.69. The number of halogens is 1. The molecule has 2 aromatic carbocycles. The molecule has 0 bridgehead atoms. The van der Waals surface area contributed by atoms with Crippen molar-refractivity contribution in [1.82, 2.24) is 4.31 Å². The fourth-order valence-electron chi connectivity index (χ4n) is 3.37. The lowest BCUT2D eigenvalue weighted by atomic mass is 10.1. The maximum Gasteiger partial charge on any atom is 0.243 e. The minimum atomic E-state index is -3.57. The molecule has 2 aromatic rings. The zero-order valence-electron chi connectivity index (χ0n) is 15.9. The van der Waals surface area contributed by atoms with Crippen LogP contribution in [0, 0.1) is 12.7 Å². The van der Waals surface area contributed by atoms with Crippen LogP contribution in [0.4, 0.5) is 10.1 Å². The summed E-state index contributed by atoms with van der Waals surface area (Å²) in [7, 11) is -3.57. The number of carbonyl (C=O) groups is 1. The summed E-state index contributed by atoms with van der Waals surface area (Å²) in [5, 5.41) is 2.75. The highest BCUT2D eigenvalue weighted by Crippen LogP contribution is 2.26. The predicted octanol–water partition coefficient (Wildman–Crippen LogP) is 3.88. The number of hydrogen-bond acceptors (Lipinski definition) is 3. The molecule has 5 nitrogen and oxygen atoms in total. The van der Waals surface area contributed by atoms with Crippen LogP contribution in [0.1, 0.15) is 36.8 Å². The average molecular weight is 405 g/mol. The molecular weight excluding hydrogens is 379 g/mol. The largest absolute Gasteiger partial charge is 0.326 e. The zero-order valence-corrected chi connectivity index (χ0v) is 16.8. The van der Waals surface area contributed by atoms with E-state index in [-0.39, 0.29) is 23.0 Å². The molecule has 1 fully saturated rings. The Bertz CT molecular complexity index is 954. The van der Waals surface area contributed by atoms with Crippen LogP contribution in [0.25, 0.3) is 0 Å². The summed E-state index contributed by atoms with van der Waals surface area (Å²) >= 11 is 0. The first-order valence-electron chi connectivity index (χ1n) is 9.51. The maximum atomic E-state index is 13.2. The third kappa shape index (κ3) is 4.97. The number of carbonyl (C=O) groups excluding carboxylic acids is 1. The Morgan fingerprint density at radius 1 is 1.11 bits per heavy atom. The molecule has 0 radical (unpaired) electrons. The molecule has 0 spiro atoms. The van der Waals surface area contributed by atoms with E-state index in [4.69, 9.17) is 0 Å². The molecule has 1 saturated heterocycles. The van der Waals surface area contributed by atoms with Crippen molar-refractivity contribution >= 4 is 21.6 Å². The molecule has 150 valence electrons. The SMILES string of the molecule is Cc1ccc(NC(=O)CCc2cccc(F)c2)cc1S(=O)(=O)N1CCCCC1. The first kappa shape index (κ1) is 20.5. The summed E-state index contributed by atoms with van der Waals surface area (Å²) in [6, 6.07) is 11.1. The van der Waals surface area contributed by atoms with Gasteiger partial charge in [0.1, 0.15) is 5.82 Å². The summed E-state index contributed by atoms with van der Waals surface area (Å²) in [5.41, 5.74) is 1.85. The first-order valence-corrected chi connectivity index (χ1v) is 11.0. The van der Waals surface area contributed by atoms with Gasteiger partial charge in [0.05, 0.1) is 4.90 Å². The van der Waals surface area contributed by atoms with Gasteiger partial charge in [-0.15, -0.1) is 0 Å². The summed E-state index contributed by atoms with van der Waals surface area (Å²) < 4.78 is 40.7. The smallest absolute Gasteiger partial charge is 0.243 e. The molecule has 1 heterocycles. The predicted molar refractivity (Wildman–Crippen MR) is 107 cm³/mol. The Hall–Kier alpha value is -2.25. The monoisotopic (exact) mass is 404 g/mol. The van der Waals surface area contributed by atoms with Gasteiger partial charge >= 0.3 is 0 Å². The molecule has 1 amide bonds. The van der Waals surface area contributed by atoms with E-state index in [0.29, 0.717) is 30.8 Å². The van der Waals surface area contributed by atoms with E-state index >= 15 is 0 Å². The minimum Gasteiger partial charge on any atom is -0.326 e. The number of nitrogens with one attached hydrogen (secondary N) is 1. The average Bonchev–Trinajstić information content (AvgIpc) is 2.68. The standard InChI is InChI=1S/C21H25FN2O3S/c1-16-8-10-19(15-20(16)28(26,27)24-12-3-2-4-13-24)23-21(25)11-9-17-6-5-7-18(22)14-17/h5-8,10,14-15H,2-4,9,11-13H2,1H3,(H,23,25). The topological polar surface area (TPSA) is 66.5 Å². The Labute approximate surface area is 165 Å². The van der Waals surface area contributed by atoms with Gasteiger partial charge < -0.3 is 5.32 Å². The molecule has 0 saturated carbocycles. The van der Waals surface area contributed by atoms with Crippen molar-refractivity contribution in [2.24, 2.45) is 0 Å². The van der Waals surface area contributed by atoms with Crippen LogP contribution in [-0.4, -0.2) is 31.7 Å². The third-order valence-electron chi connectivity index (χ3n) is 4.93. The molecule has 3 rings (SSSR count). The van der Waals surface area contributed by atoms with E-state index in [0.717, 1.165) is 24.8 Å². The Morgan fingerprint density at radius 2 is 1.86 bits per heavy atom. The number of hydrogen-bond donors (Lipinski definition) is 1. The van der Waals surface area contributed by atoms with Crippen molar-refractivity contribution in [3.63, 3.8) is 0 Å². The van der Waals surface area contributed by atoms with Crippen molar-refractivity contribution in [2.45, 2.75) is 43.9 Å². The van der Waals surface area contributed by atoms with Crippen LogP contribution >= 0.6 is 0 Å². The van der Waals surface area contributed by atoms with E-state index in [1.165, 1.54) is 22.5 Å². The van der Waals surface area contributed by atoms with Crippen molar-refractivity contribution in [2.75, 3.05) is 18.4 Å². The van der Waals surface area contributed by atoms with Gasteiger partial charge in [-0.05, 0) is 61.6 Å². The number of amides is 1. The second kappa shape index (κ2) is 8.84. The van der Waals surface area contributed by atoms with Crippen LogP contribution in [0.3, 0.4) is 0 Å². The fraction of sp³-hybridized carbons (Fsp3) is 0.381. The second-order valence-corrected chi connectivity index (χ2v) is 9.03. The molecule has 0 aliphatic carbocycles. The summed E-state index contributed by atoms with van der Waals surface area (Å²) in [6.45, 7) is 2.82. The first-order chi connectivity index (χ1) is 13.4. The van der Waals surface area contributed by atoms with E-state index < -0.39 is 10.0 Å². The minimum absolute atomic E-state index is 0.186. The molecule has 1 aliphatic heterocycles. The summed E-state index contributed by atoms with van der Waals surface area (Å²) in [5.74, 6) is -0.571. The van der Waals surface area contributed by atoms with Crippen LogP contribution in [-0.2, 0) is 21.2 Å². The molecule has 7 heteroatoms. The van der Waals surface area contributed by atoms with E-state index in [1.54, 1.807) is 31.2 Å². The lowest BCUT2D eigenvalue weighted by Crippen LogP contribution is -2.36. The quantitative estimate of drug-likeness (QED) is 0.795. The lowest BCUT2D eigenvalue weighted by molar-refractivity contribution is -0.116. The molecule has 28 heavy (non-hydrogen) atoms. The second-order valence-electron chi connectivity index (χ2n) is 7.12. The van der Waals surface area contributed by atoms with Gasteiger partial charge in [0, 0.05) is 25.2 Å². The maximum absolute atomic E-state index is 13.2. The van der Waals surface area contributed by atoms with Crippen LogP contribution in [0.5, 0.6) is 0 Å². The van der Waals surface area contributed by atoms with Crippen LogP contribution in [0.2, 0.25) is 0 Å². The van der Waals surface area contributed by atoms with Crippen LogP contribution in [0.15, 0.2) is 47.4 Å². The van der Waals surface area contributed by atoms with Crippen molar-refractivity contribution in [3.05, 3.63) is 59.4 Å². The highest BCUT2D eigenvalue weighted by atomic mass is 32.2. The molecule has 0 aromatic heterocycles. The number of benzene rings is 2. The zero-order chi connectivity index (χ0) is 20.1. The summed E-state index contributed by atoms with van der Waals surface area (Å²) in [6.07, 6.45) is 3.38. The third-order valence-corrected chi connectivity index (χ3v) is 6.98. The van der Waals surface area contributed by atoms with Crippen molar-refractivity contribution in [3.8, 4) is 0 Å². The number of piperidine rings is 1. The van der Waals surface area contributed by atoms with Crippen molar-refractivity contribution < 1.29 is 17.6 Å². The lowest BCUT2D eigenvalue weighted by Gasteiger charge is -2.26. The van der Waals surface area contributed by atoms with Gasteiger partial charge in [0.25, 0.3) is 0 Å². The molecule has 0 atom stereocenters.